The second-order valence-corrected chi connectivity index (χ2v) is 8.70. The summed E-state index contributed by atoms with van der Waals surface area (Å²) in [6.07, 6.45) is 3.13. The van der Waals surface area contributed by atoms with Crippen molar-refractivity contribution in [2.45, 2.75) is 58.8 Å². The number of urea groups is 1. The van der Waals surface area contributed by atoms with Crippen molar-refractivity contribution < 1.29 is 9.53 Å². The molecule has 1 aliphatic rings. The van der Waals surface area contributed by atoms with Gasteiger partial charge in [0.05, 0.1) is 7.11 Å². The summed E-state index contributed by atoms with van der Waals surface area (Å²) in [7, 11) is 1.70. The Bertz CT molecular complexity index is 832. The zero-order valence-corrected chi connectivity index (χ0v) is 18.3. The van der Waals surface area contributed by atoms with Crippen LogP contribution in [0.15, 0.2) is 36.4 Å². The highest BCUT2D eigenvalue weighted by molar-refractivity contribution is 5.91. The highest BCUT2D eigenvalue weighted by atomic mass is 16.5. The molecule has 1 atom stereocenters. The van der Waals surface area contributed by atoms with Crippen molar-refractivity contribution in [1.82, 2.24) is 5.32 Å². The molecule has 4 nitrogen and oxygen atoms in total. The van der Waals surface area contributed by atoms with Crippen molar-refractivity contribution in [2.24, 2.45) is 5.92 Å². The number of rotatable bonds is 6. The Balaban J connectivity index is 1.64. The minimum absolute atomic E-state index is 0.114. The molecule has 0 heterocycles. The largest absolute Gasteiger partial charge is 0.497 e. The van der Waals surface area contributed by atoms with Gasteiger partial charge in [-0.15, -0.1) is 0 Å². The molecule has 2 N–H and O–H groups in total. The highest BCUT2D eigenvalue weighted by Gasteiger charge is 2.21. The van der Waals surface area contributed by atoms with Gasteiger partial charge in [0.2, 0.25) is 0 Å². The Labute approximate surface area is 175 Å². The number of ether oxygens (including phenoxy) is 1. The molecule has 29 heavy (non-hydrogen) atoms. The number of hydrogen-bond acceptors (Lipinski definition) is 2. The molecule has 0 fully saturated rings. The number of methoxy groups -OCH3 is 1. The molecule has 2 amide bonds. The van der Waals surface area contributed by atoms with Crippen LogP contribution >= 0.6 is 0 Å². The molecule has 3 rings (SSSR count). The van der Waals surface area contributed by atoms with Crippen LogP contribution in [0.3, 0.4) is 0 Å². The van der Waals surface area contributed by atoms with Crippen LogP contribution in [0.4, 0.5) is 10.5 Å². The molecule has 4 heteroatoms. The van der Waals surface area contributed by atoms with Gasteiger partial charge in [-0.1, -0.05) is 52.0 Å². The smallest absolute Gasteiger partial charge is 0.319 e. The average molecular weight is 395 g/mol. The van der Waals surface area contributed by atoms with Crippen molar-refractivity contribution in [3.05, 3.63) is 58.7 Å². The van der Waals surface area contributed by atoms with Gasteiger partial charge in [-0.25, -0.2) is 4.79 Å². The van der Waals surface area contributed by atoms with Gasteiger partial charge in [0, 0.05) is 12.2 Å². The Morgan fingerprint density at radius 1 is 1.07 bits per heavy atom. The van der Waals surface area contributed by atoms with Crippen molar-refractivity contribution >= 4 is 11.7 Å². The van der Waals surface area contributed by atoms with Gasteiger partial charge < -0.3 is 15.4 Å². The normalized spacial score (nSPS) is 15.9. The van der Waals surface area contributed by atoms with Gasteiger partial charge in [0.15, 0.2) is 0 Å². The molecular weight excluding hydrogens is 360 g/mol. The number of carbonyl (C=O) groups is 1. The molecule has 2 aromatic carbocycles. The number of para-hydroxylation sites is 1. The summed E-state index contributed by atoms with van der Waals surface area (Å²) in [4.78, 5) is 12.7. The maximum Gasteiger partial charge on any atom is 0.319 e. The summed E-state index contributed by atoms with van der Waals surface area (Å²) in [6.45, 7) is 9.34. The number of amides is 2. The third-order valence-corrected chi connectivity index (χ3v) is 5.91. The van der Waals surface area contributed by atoms with Crippen molar-refractivity contribution in [2.75, 3.05) is 19.0 Å². The second-order valence-electron chi connectivity index (χ2n) is 8.70. The lowest BCUT2D eigenvalue weighted by Gasteiger charge is -2.26. The SMILES string of the molecule is COc1ccc2c(c1)CC(CNC(=O)Nc1c(C(C)C)cccc1C(C)C)CC2. The fourth-order valence-corrected chi connectivity index (χ4v) is 4.20. The van der Waals surface area contributed by atoms with E-state index < -0.39 is 0 Å². The van der Waals surface area contributed by atoms with Crippen LogP contribution in [-0.2, 0) is 12.8 Å². The molecule has 1 aliphatic carbocycles. The van der Waals surface area contributed by atoms with Crippen molar-refractivity contribution in [3.8, 4) is 5.75 Å². The number of carbonyl (C=O) groups excluding carboxylic acids is 1. The minimum atomic E-state index is -0.114. The van der Waals surface area contributed by atoms with Crippen LogP contribution in [0.2, 0.25) is 0 Å². The molecule has 1 unspecified atom stereocenters. The molecule has 0 saturated carbocycles. The number of benzene rings is 2. The molecular formula is C25H34N2O2. The maximum absolute atomic E-state index is 12.7. The Morgan fingerprint density at radius 3 is 2.38 bits per heavy atom. The lowest BCUT2D eigenvalue weighted by atomic mass is 9.84. The van der Waals surface area contributed by atoms with Gasteiger partial charge in [0.1, 0.15) is 5.75 Å². The third kappa shape index (κ3) is 5.11. The van der Waals surface area contributed by atoms with E-state index in [4.69, 9.17) is 4.74 Å². The zero-order chi connectivity index (χ0) is 21.0. The Morgan fingerprint density at radius 2 is 1.76 bits per heavy atom. The van der Waals surface area contributed by atoms with Gasteiger partial charge >= 0.3 is 6.03 Å². The van der Waals surface area contributed by atoms with E-state index in [1.807, 2.05) is 6.07 Å². The molecule has 156 valence electrons. The lowest BCUT2D eigenvalue weighted by Crippen LogP contribution is -2.35. The fraction of sp³-hybridized carbons (Fsp3) is 0.480. The molecule has 0 spiro atoms. The van der Waals surface area contributed by atoms with E-state index in [0.29, 0.717) is 24.3 Å². The van der Waals surface area contributed by atoms with E-state index in [9.17, 15) is 4.79 Å². The first-order valence-corrected chi connectivity index (χ1v) is 10.7. The molecule has 0 saturated heterocycles. The summed E-state index contributed by atoms with van der Waals surface area (Å²) < 4.78 is 5.36. The van der Waals surface area contributed by atoms with E-state index in [2.05, 4.69) is 68.7 Å². The summed E-state index contributed by atoms with van der Waals surface area (Å²) >= 11 is 0. The average Bonchev–Trinajstić information content (AvgIpc) is 2.71. The van der Waals surface area contributed by atoms with Crippen LogP contribution in [0.5, 0.6) is 5.75 Å². The molecule has 0 bridgehead atoms. The predicted octanol–water partition coefficient (Wildman–Crippen LogP) is 5.87. The van der Waals surface area contributed by atoms with Crippen LogP contribution in [-0.4, -0.2) is 19.7 Å². The van der Waals surface area contributed by atoms with E-state index in [1.54, 1.807) is 7.11 Å². The van der Waals surface area contributed by atoms with Crippen LogP contribution in [0.25, 0.3) is 0 Å². The van der Waals surface area contributed by atoms with Gasteiger partial charge in [-0.2, -0.15) is 0 Å². The van der Waals surface area contributed by atoms with Crippen LogP contribution in [0.1, 0.15) is 68.2 Å². The highest BCUT2D eigenvalue weighted by Crippen LogP contribution is 2.32. The number of aryl methyl sites for hydroxylation is 1. The molecule has 0 aromatic heterocycles. The standard InChI is InChI=1S/C25H34N2O2/c1-16(2)22-7-6-8-23(17(3)4)24(22)27-25(28)26-15-18-9-10-19-11-12-21(29-5)14-20(19)13-18/h6-8,11-12,14,16-18H,9-10,13,15H2,1-5H3,(H2,26,27,28). The second kappa shape index (κ2) is 9.34. The van der Waals surface area contributed by atoms with E-state index in [1.165, 1.54) is 22.3 Å². The van der Waals surface area contributed by atoms with E-state index >= 15 is 0 Å². The van der Waals surface area contributed by atoms with Gasteiger partial charge in [-0.3, -0.25) is 0 Å². The topological polar surface area (TPSA) is 50.4 Å². The first-order chi connectivity index (χ1) is 13.9. The Hall–Kier alpha value is -2.49. The van der Waals surface area contributed by atoms with Crippen molar-refractivity contribution in [1.29, 1.82) is 0 Å². The Kier molecular flexibility index (Phi) is 6.83. The summed E-state index contributed by atoms with van der Waals surface area (Å²) in [5, 5.41) is 6.26. The van der Waals surface area contributed by atoms with Crippen LogP contribution in [0, 0.1) is 5.92 Å². The van der Waals surface area contributed by atoms with Crippen molar-refractivity contribution in [3.63, 3.8) is 0 Å². The third-order valence-electron chi connectivity index (χ3n) is 5.91. The lowest BCUT2D eigenvalue weighted by molar-refractivity contribution is 0.249. The first-order valence-electron chi connectivity index (χ1n) is 10.7. The quantitative estimate of drug-likeness (QED) is 0.644. The summed E-state index contributed by atoms with van der Waals surface area (Å²) in [5.74, 6) is 2.06. The minimum Gasteiger partial charge on any atom is -0.497 e. The monoisotopic (exact) mass is 394 g/mol. The number of anilines is 1. The molecule has 0 radical (unpaired) electrons. The van der Waals surface area contributed by atoms with Crippen LogP contribution < -0.4 is 15.4 Å². The van der Waals surface area contributed by atoms with Gasteiger partial charge in [-0.05, 0) is 71.4 Å². The molecule has 0 aliphatic heterocycles. The van der Waals surface area contributed by atoms with E-state index in [-0.39, 0.29) is 6.03 Å². The zero-order valence-electron chi connectivity index (χ0n) is 18.3. The molecule has 2 aromatic rings. The fourth-order valence-electron chi connectivity index (χ4n) is 4.20. The predicted molar refractivity (Wildman–Crippen MR) is 120 cm³/mol. The summed E-state index contributed by atoms with van der Waals surface area (Å²) in [5.41, 5.74) is 6.08. The number of hydrogen-bond donors (Lipinski definition) is 2. The number of nitrogens with one attached hydrogen (secondary N) is 2. The van der Waals surface area contributed by atoms with Gasteiger partial charge in [0.25, 0.3) is 0 Å². The summed E-state index contributed by atoms with van der Waals surface area (Å²) in [6, 6.07) is 12.5. The number of fused-ring (bicyclic) bond motifs is 1. The van der Waals surface area contributed by atoms with E-state index in [0.717, 1.165) is 30.7 Å². The first kappa shape index (κ1) is 21.2. The maximum atomic E-state index is 12.7.